The monoisotopic (exact) mass is 260 g/mol. The van der Waals surface area contributed by atoms with Gasteiger partial charge in [-0.3, -0.25) is 0 Å². The van der Waals surface area contributed by atoms with Crippen molar-refractivity contribution in [1.82, 2.24) is 9.97 Å². The molecule has 0 amide bonds. The molecule has 3 rings (SSSR count). The number of thiophene rings is 1. The van der Waals surface area contributed by atoms with Gasteiger partial charge >= 0.3 is 0 Å². The van der Waals surface area contributed by atoms with Crippen molar-refractivity contribution < 1.29 is 8.83 Å². The Morgan fingerprint density at radius 3 is 2.33 bits per heavy atom. The van der Waals surface area contributed by atoms with Gasteiger partial charge in [0.1, 0.15) is 18.4 Å². The molecule has 0 radical (unpaired) electrons. The molecule has 0 aliphatic carbocycles. The van der Waals surface area contributed by atoms with Crippen molar-refractivity contribution in [2.75, 3.05) is 0 Å². The first kappa shape index (κ1) is 11.2. The lowest BCUT2D eigenvalue weighted by atomic mass is 10.0. The van der Waals surface area contributed by atoms with Crippen molar-refractivity contribution >= 4 is 11.3 Å². The average molecular weight is 260 g/mol. The lowest BCUT2D eigenvalue weighted by Gasteiger charge is -2.08. The molecular formula is C13H12N2O2S. The SMILES string of the molecule is c1csc(CCC(c2ncco2)c2ncco2)c1. The van der Waals surface area contributed by atoms with E-state index >= 15 is 0 Å². The van der Waals surface area contributed by atoms with Gasteiger partial charge < -0.3 is 8.83 Å². The smallest absolute Gasteiger partial charge is 0.206 e. The van der Waals surface area contributed by atoms with Gasteiger partial charge in [-0.2, -0.15) is 0 Å². The van der Waals surface area contributed by atoms with E-state index in [4.69, 9.17) is 8.83 Å². The molecule has 0 saturated heterocycles. The molecule has 4 nitrogen and oxygen atoms in total. The van der Waals surface area contributed by atoms with E-state index in [-0.39, 0.29) is 5.92 Å². The zero-order valence-electron chi connectivity index (χ0n) is 9.65. The zero-order valence-corrected chi connectivity index (χ0v) is 10.5. The third kappa shape index (κ3) is 2.36. The first-order valence-corrected chi connectivity index (χ1v) is 6.62. The molecule has 18 heavy (non-hydrogen) atoms. The lowest BCUT2D eigenvalue weighted by Crippen LogP contribution is -2.03. The highest BCUT2D eigenvalue weighted by molar-refractivity contribution is 7.09. The Morgan fingerprint density at radius 2 is 1.83 bits per heavy atom. The molecule has 3 heterocycles. The lowest BCUT2D eigenvalue weighted by molar-refractivity contribution is 0.394. The van der Waals surface area contributed by atoms with Crippen LogP contribution in [0.5, 0.6) is 0 Å². The standard InChI is InChI=1S/C13H12N2O2S/c1-2-10(18-9-1)3-4-11(12-14-5-7-16-12)13-15-6-8-17-13/h1-2,5-9,11H,3-4H2. The van der Waals surface area contributed by atoms with Crippen LogP contribution in [0.1, 0.15) is 29.0 Å². The minimum absolute atomic E-state index is 0.0166. The Balaban J connectivity index is 1.78. The quantitative estimate of drug-likeness (QED) is 0.704. The number of nitrogens with zero attached hydrogens (tertiary/aromatic N) is 2. The van der Waals surface area contributed by atoms with Crippen LogP contribution in [0.15, 0.2) is 51.3 Å². The van der Waals surface area contributed by atoms with Gasteiger partial charge in [0, 0.05) is 4.88 Å². The molecule has 3 aromatic rings. The molecule has 0 bridgehead atoms. The van der Waals surface area contributed by atoms with Crippen LogP contribution >= 0.6 is 11.3 Å². The van der Waals surface area contributed by atoms with Gasteiger partial charge in [0.15, 0.2) is 0 Å². The van der Waals surface area contributed by atoms with Crippen molar-refractivity contribution in [3.05, 3.63) is 59.1 Å². The molecule has 0 saturated carbocycles. The fourth-order valence-electron chi connectivity index (χ4n) is 1.91. The summed E-state index contributed by atoms with van der Waals surface area (Å²) in [5.41, 5.74) is 0. The van der Waals surface area contributed by atoms with Gasteiger partial charge in [-0.15, -0.1) is 11.3 Å². The predicted molar refractivity (Wildman–Crippen MR) is 67.5 cm³/mol. The fraction of sp³-hybridized carbons (Fsp3) is 0.231. The number of hydrogen-bond acceptors (Lipinski definition) is 5. The molecule has 0 atom stereocenters. The summed E-state index contributed by atoms with van der Waals surface area (Å²) < 4.78 is 10.8. The minimum Gasteiger partial charge on any atom is -0.448 e. The van der Waals surface area contributed by atoms with Crippen LogP contribution in [0.4, 0.5) is 0 Å². The molecule has 0 unspecified atom stereocenters. The van der Waals surface area contributed by atoms with Crippen LogP contribution in [-0.4, -0.2) is 9.97 Å². The second kappa shape index (κ2) is 5.18. The van der Waals surface area contributed by atoms with E-state index in [2.05, 4.69) is 27.5 Å². The fourth-order valence-corrected chi connectivity index (χ4v) is 2.63. The zero-order chi connectivity index (χ0) is 12.2. The van der Waals surface area contributed by atoms with E-state index in [1.54, 1.807) is 36.3 Å². The molecule has 3 aromatic heterocycles. The summed E-state index contributed by atoms with van der Waals surface area (Å²) in [6.07, 6.45) is 8.30. The number of oxazole rings is 2. The maximum Gasteiger partial charge on any atom is 0.206 e. The van der Waals surface area contributed by atoms with Gasteiger partial charge in [-0.1, -0.05) is 6.07 Å². The number of rotatable bonds is 5. The normalized spacial score (nSPS) is 11.2. The van der Waals surface area contributed by atoms with Gasteiger partial charge in [-0.05, 0) is 24.3 Å². The summed E-state index contributed by atoms with van der Waals surface area (Å²) in [5.74, 6) is 1.31. The summed E-state index contributed by atoms with van der Waals surface area (Å²) in [7, 11) is 0. The van der Waals surface area contributed by atoms with Crippen molar-refractivity contribution in [3.8, 4) is 0 Å². The van der Waals surface area contributed by atoms with Crippen molar-refractivity contribution in [2.24, 2.45) is 0 Å². The maximum atomic E-state index is 5.38. The van der Waals surface area contributed by atoms with E-state index in [0.29, 0.717) is 11.8 Å². The Morgan fingerprint density at radius 1 is 1.11 bits per heavy atom. The van der Waals surface area contributed by atoms with Crippen molar-refractivity contribution in [1.29, 1.82) is 0 Å². The van der Waals surface area contributed by atoms with Gasteiger partial charge in [-0.25, -0.2) is 9.97 Å². The molecule has 0 aromatic carbocycles. The second-order valence-corrected chi connectivity index (χ2v) is 4.94. The summed E-state index contributed by atoms with van der Waals surface area (Å²) >= 11 is 1.76. The van der Waals surface area contributed by atoms with Crippen LogP contribution in [0.3, 0.4) is 0 Å². The molecule has 0 fully saturated rings. The predicted octanol–water partition coefficient (Wildman–Crippen LogP) is 3.49. The van der Waals surface area contributed by atoms with Crippen LogP contribution in [0.2, 0.25) is 0 Å². The molecule has 0 aliphatic rings. The highest BCUT2D eigenvalue weighted by Crippen LogP contribution is 2.27. The van der Waals surface area contributed by atoms with Gasteiger partial charge in [0.25, 0.3) is 0 Å². The molecular weight excluding hydrogens is 248 g/mol. The summed E-state index contributed by atoms with van der Waals surface area (Å²) in [5, 5.41) is 2.08. The highest BCUT2D eigenvalue weighted by atomic mass is 32.1. The highest BCUT2D eigenvalue weighted by Gasteiger charge is 2.22. The third-order valence-electron chi connectivity index (χ3n) is 2.76. The maximum absolute atomic E-state index is 5.38. The number of hydrogen-bond donors (Lipinski definition) is 0. The van der Waals surface area contributed by atoms with Crippen molar-refractivity contribution in [3.63, 3.8) is 0 Å². The Hall–Kier alpha value is -1.88. The van der Waals surface area contributed by atoms with Gasteiger partial charge in [0.2, 0.25) is 11.8 Å². The van der Waals surface area contributed by atoms with Gasteiger partial charge in [0.05, 0.1) is 12.4 Å². The van der Waals surface area contributed by atoms with Crippen LogP contribution in [0.25, 0.3) is 0 Å². The van der Waals surface area contributed by atoms with Crippen LogP contribution in [-0.2, 0) is 6.42 Å². The molecule has 0 spiro atoms. The number of aryl methyl sites for hydroxylation is 1. The number of aromatic nitrogens is 2. The molecule has 0 N–H and O–H groups in total. The largest absolute Gasteiger partial charge is 0.448 e. The van der Waals surface area contributed by atoms with E-state index in [9.17, 15) is 0 Å². The Labute approximate surface area is 108 Å². The van der Waals surface area contributed by atoms with Crippen LogP contribution in [0, 0.1) is 0 Å². The van der Waals surface area contributed by atoms with Crippen LogP contribution < -0.4 is 0 Å². The summed E-state index contributed by atoms with van der Waals surface area (Å²) in [6, 6.07) is 4.19. The van der Waals surface area contributed by atoms with E-state index < -0.39 is 0 Å². The first-order chi connectivity index (χ1) is 8.93. The Bertz CT molecular complexity index is 524. The first-order valence-electron chi connectivity index (χ1n) is 5.74. The third-order valence-corrected chi connectivity index (χ3v) is 3.69. The molecule has 92 valence electrons. The minimum atomic E-state index is -0.0166. The van der Waals surface area contributed by atoms with E-state index in [1.807, 2.05) is 0 Å². The summed E-state index contributed by atoms with van der Waals surface area (Å²) in [4.78, 5) is 9.76. The second-order valence-electron chi connectivity index (χ2n) is 3.91. The van der Waals surface area contributed by atoms with E-state index in [0.717, 1.165) is 12.8 Å². The van der Waals surface area contributed by atoms with E-state index in [1.165, 1.54) is 4.88 Å². The molecule has 5 heteroatoms. The molecule has 0 aliphatic heterocycles. The average Bonchev–Trinajstić information content (AvgIpc) is 3.14. The Kier molecular flexibility index (Phi) is 3.23. The van der Waals surface area contributed by atoms with Crippen molar-refractivity contribution in [2.45, 2.75) is 18.8 Å². The summed E-state index contributed by atoms with van der Waals surface area (Å²) in [6.45, 7) is 0. The topological polar surface area (TPSA) is 52.1 Å².